The van der Waals surface area contributed by atoms with Gasteiger partial charge in [-0.05, 0) is 24.1 Å². The first-order chi connectivity index (χ1) is 6.74. The molecule has 0 aliphatic heterocycles. The lowest BCUT2D eigenvalue weighted by molar-refractivity contribution is 1.00. The summed E-state index contributed by atoms with van der Waals surface area (Å²) in [7, 11) is 0. The number of aryl methyl sites for hydroxylation is 1. The summed E-state index contributed by atoms with van der Waals surface area (Å²) >= 11 is 7.13. The van der Waals surface area contributed by atoms with E-state index >= 15 is 0 Å². The Morgan fingerprint density at radius 2 is 2.21 bits per heavy atom. The molecule has 0 saturated carbocycles. The minimum absolute atomic E-state index is 0.507. The molecule has 1 aromatic carbocycles. The summed E-state index contributed by atoms with van der Waals surface area (Å²) in [5, 5.41) is 8.71. The molecule has 0 saturated heterocycles. The molecule has 0 radical (unpaired) electrons. The van der Waals surface area contributed by atoms with Crippen molar-refractivity contribution in [2.24, 2.45) is 0 Å². The van der Waals surface area contributed by atoms with E-state index in [0.717, 1.165) is 11.4 Å². The Hall–Kier alpha value is -0.930. The minimum atomic E-state index is 0.507. The average Bonchev–Trinajstić information content (AvgIpc) is 2.51. The van der Waals surface area contributed by atoms with Crippen molar-refractivity contribution in [1.82, 2.24) is 10.2 Å². The van der Waals surface area contributed by atoms with Gasteiger partial charge in [0.1, 0.15) is 5.01 Å². The van der Waals surface area contributed by atoms with E-state index in [1.165, 1.54) is 22.5 Å². The standard InChI is InChI=1S/C10H9ClN2S/c1-7-3-2-4-8(5-7)6-9-12-13-10(11)14-9/h2-5H,6H2,1H3. The van der Waals surface area contributed by atoms with Gasteiger partial charge in [-0.3, -0.25) is 0 Å². The predicted molar refractivity (Wildman–Crippen MR) is 58.9 cm³/mol. The van der Waals surface area contributed by atoms with Crippen LogP contribution in [0.15, 0.2) is 24.3 Å². The van der Waals surface area contributed by atoms with Gasteiger partial charge in [0.15, 0.2) is 0 Å². The molecule has 0 unspecified atom stereocenters. The third-order valence-corrected chi connectivity index (χ3v) is 2.90. The van der Waals surface area contributed by atoms with Gasteiger partial charge in [-0.15, -0.1) is 10.2 Å². The molecular weight excluding hydrogens is 216 g/mol. The zero-order chi connectivity index (χ0) is 9.97. The molecule has 2 nitrogen and oxygen atoms in total. The van der Waals surface area contributed by atoms with Crippen LogP contribution in [-0.4, -0.2) is 10.2 Å². The Kier molecular flexibility index (Phi) is 2.79. The van der Waals surface area contributed by atoms with Gasteiger partial charge in [-0.25, -0.2) is 0 Å². The van der Waals surface area contributed by atoms with Gasteiger partial charge < -0.3 is 0 Å². The molecule has 4 heteroatoms. The highest BCUT2D eigenvalue weighted by atomic mass is 35.5. The monoisotopic (exact) mass is 224 g/mol. The summed E-state index contributed by atoms with van der Waals surface area (Å²) in [6.45, 7) is 2.08. The molecule has 2 rings (SSSR count). The zero-order valence-corrected chi connectivity index (χ0v) is 9.27. The number of benzene rings is 1. The molecule has 2 aromatic rings. The number of aromatic nitrogens is 2. The molecule has 0 spiro atoms. The molecule has 0 fully saturated rings. The second kappa shape index (κ2) is 4.07. The maximum Gasteiger partial charge on any atom is 0.207 e. The first-order valence-electron chi connectivity index (χ1n) is 4.27. The average molecular weight is 225 g/mol. The van der Waals surface area contributed by atoms with Crippen molar-refractivity contribution in [2.75, 3.05) is 0 Å². The summed E-state index contributed by atoms with van der Waals surface area (Å²) < 4.78 is 0.507. The van der Waals surface area contributed by atoms with E-state index in [9.17, 15) is 0 Å². The maximum atomic E-state index is 5.70. The highest BCUT2D eigenvalue weighted by Gasteiger charge is 2.02. The number of halogens is 1. The fourth-order valence-corrected chi connectivity index (χ4v) is 2.20. The lowest BCUT2D eigenvalue weighted by Crippen LogP contribution is -1.87. The largest absolute Gasteiger partial charge is 0.207 e. The third kappa shape index (κ3) is 2.30. The molecule has 0 amide bonds. The molecule has 0 N–H and O–H groups in total. The lowest BCUT2D eigenvalue weighted by Gasteiger charge is -1.98. The van der Waals surface area contributed by atoms with Crippen LogP contribution < -0.4 is 0 Å². The Balaban J connectivity index is 2.18. The van der Waals surface area contributed by atoms with E-state index < -0.39 is 0 Å². The molecule has 72 valence electrons. The Labute approximate surface area is 91.6 Å². The van der Waals surface area contributed by atoms with E-state index in [0.29, 0.717) is 4.47 Å². The van der Waals surface area contributed by atoms with Crippen LogP contribution in [0.2, 0.25) is 4.47 Å². The van der Waals surface area contributed by atoms with Crippen molar-refractivity contribution in [1.29, 1.82) is 0 Å². The minimum Gasteiger partial charge on any atom is -0.142 e. The number of hydrogen-bond donors (Lipinski definition) is 0. The highest BCUT2D eigenvalue weighted by molar-refractivity contribution is 7.15. The topological polar surface area (TPSA) is 25.8 Å². The van der Waals surface area contributed by atoms with Crippen molar-refractivity contribution < 1.29 is 0 Å². The van der Waals surface area contributed by atoms with Crippen LogP contribution in [0.3, 0.4) is 0 Å². The summed E-state index contributed by atoms with van der Waals surface area (Å²) in [4.78, 5) is 0. The second-order valence-corrected chi connectivity index (χ2v) is 4.76. The maximum absolute atomic E-state index is 5.70. The molecular formula is C10H9ClN2S. The summed E-state index contributed by atoms with van der Waals surface area (Å²) in [6, 6.07) is 8.36. The number of hydrogen-bond acceptors (Lipinski definition) is 3. The second-order valence-electron chi connectivity index (χ2n) is 3.11. The number of rotatable bonds is 2. The van der Waals surface area contributed by atoms with Crippen molar-refractivity contribution in [3.05, 3.63) is 44.9 Å². The van der Waals surface area contributed by atoms with Crippen LogP contribution in [-0.2, 0) is 6.42 Å². The fourth-order valence-electron chi connectivity index (χ4n) is 1.30. The van der Waals surface area contributed by atoms with Crippen LogP contribution in [0.1, 0.15) is 16.1 Å². The van der Waals surface area contributed by atoms with Gasteiger partial charge in [0, 0.05) is 6.42 Å². The van der Waals surface area contributed by atoms with E-state index in [1.54, 1.807) is 0 Å². The predicted octanol–water partition coefficient (Wildman–Crippen LogP) is 3.09. The van der Waals surface area contributed by atoms with Crippen molar-refractivity contribution >= 4 is 22.9 Å². The van der Waals surface area contributed by atoms with Gasteiger partial charge in [0.2, 0.25) is 4.47 Å². The summed E-state index contributed by atoms with van der Waals surface area (Å²) in [6.07, 6.45) is 0.812. The van der Waals surface area contributed by atoms with E-state index in [1.807, 2.05) is 6.07 Å². The summed E-state index contributed by atoms with van der Waals surface area (Å²) in [5.41, 5.74) is 2.51. The lowest BCUT2D eigenvalue weighted by atomic mass is 10.1. The van der Waals surface area contributed by atoms with Gasteiger partial charge in [-0.2, -0.15) is 0 Å². The van der Waals surface area contributed by atoms with Crippen LogP contribution in [0.4, 0.5) is 0 Å². The Bertz CT molecular complexity index is 439. The molecule has 0 bridgehead atoms. The van der Waals surface area contributed by atoms with Gasteiger partial charge in [0.25, 0.3) is 0 Å². The van der Waals surface area contributed by atoms with Gasteiger partial charge in [-0.1, -0.05) is 41.2 Å². The van der Waals surface area contributed by atoms with Crippen molar-refractivity contribution in [3.63, 3.8) is 0 Å². The van der Waals surface area contributed by atoms with Crippen LogP contribution in [0.25, 0.3) is 0 Å². The molecule has 0 aliphatic rings. The third-order valence-electron chi connectivity index (χ3n) is 1.88. The molecule has 14 heavy (non-hydrogen) atoms. The van der Waals surface area contributed by atoms with Crippen LogP contribution in [0, 0.1) is 6.92 Å². The van der Waals surface area contributed by atoms with Crippen molar-refractivity contribution in [2.45, 2.75) is 13.3 Å². The molecule has 1 aromatic heterocycles. The smallest absolute Gasteiger partial charge is 0.142 e. The van der Waals surface area contributed by atoms with Crippen LogP contribution in [0.5, 0.6) is 0 Å². The van der Waals surface area contributed by atoms with Crippen molar-refractivity contribution in [3.8, 4) is 0 Å². The Morgan fingerprint density at radius 3 is 2.86 bits per heavy atom. The quantitative estimate of drug-likeness (QED) is 0.784. The number of nitrogens with zero attached hydrogens (tertiary/aromatic N) is 2. The van der Waals surface area contributed by atoms with E-state index in [-0.39, 0.29) is 0 Å². The molecule has 0 atom stereocenters. The Morgan fingerprint density at radius 1 is 1.36 bits per heavy atom. The van der Waals surface area contributed by atoms with Gasteiger partial charge >= 0.3 is 0 Å². The van der Waals surface area contributed by atoms with Gasteiger partial charge in [0.05, 0.1) is 0 Å². The fraction of sp³-hybridized carbons (Fsp3) is 0.200. The SMILES string of the molecule is Cc1cccc(Cc2nnc(Cl)s2)c1. The first kappa shape index (κ1) is 9.62. The summed E-state index contributed by atoms with van der Waals surface area (Å²) in [5.74, 6) is 0. The van der Waals surface area contributed by atoms with E-state index in [4.69, 9.17) is 11.6 Å². The molecule has 0 aliphatic carbocycles. The highest BCUT2D eigenvalue weighted by Crippen LogP contribution is 2.18. The van der Waals surface area contributed by atoms with E-state index in [2.05, 4.69) is 35.3 Å². The first-order valence-corrected chi connectivity index (χ1v) is 5.47. The normalized spacial score (nSPS) is 10.4. The zero-order valence-electron chi connectivity index (χ0n) is 7.70. The molecule has 1 heterocycles. The van der Waals surface area contributed by atoms with Crippen LogP contribution >= 0.6 is 22.9 Å².